The number of alkyl halides is 3. The predicted molar refractivity (Wildman–Crippen MR) is 151 cm³/mol. The lowest BCUT2D eigenvalue weighted by Gasteiger charge is -2.17. The molecule has 0 aliphatic heterocycles. The van der Waals surface area contributed by atoms with E-state index in [-0.39, 0.29) is 24.0 Å². The van der Waals surface area contributed by atoms with Crippen LogP contribution in [0.2, 0.25) is 0 Å². The summed E-state index contributed by atoms with van der Waals surface area (Å²) < 4.78 is 53.3. The first-order chi connectivity index (χ1) is 20.2. The van der Waals surface area contributed by atoms with Crippen molar-refractivity contribution in [2.24, 2.45) is 0 Å². The fourth-order valence-corrected chi connectivity index (χ4v) is 4.12. The lowest BCUT2D eigenvalue weighted by atomic mass is 10.0. The quantitative estimate of drug-likeness (QED) is 0.245. The van der Waals surface area contributed by atoms with Crippen molar-refractivity contribution in [3.63, 3.8) is 0 Å². The third kappa shape index (κ3) is 6.64. The number of pyridine rings is 1. The van der Waals surface area contributed by atoms with E-state index in [0.717, 1.165) is 23.1 Å². The van der Waals surface area contributed by atoms with Crippen molar-refractivity contribution in [1.82, 2.24) is 19.9 Å². The Morgan fingerprint density at radius 2 is 1.50 bits per heavy atom. The monoisotopic (exact) mass is 568 g/mol. The van der Waals surface area contributed by atoms with Gasteiger partial charge in [-0.3, -0.25) is 9.97 Å². The van der Waals surface area contributed by atoms with Crippen molar-refractivity contribution < 1.29 is 22.6 Å². The summed E-state index contributed by atoms with van der Waals surface area (Å²) in [5.41, 5.74) is 0.898. The Hall–Kier alpha value is -5.43. The second kappa shape index (κ2) is 12.0. The van der Waals surface area contributed by atoms with Crippen LogP contribution in [0.4, 0.5) is 13.2 Å². The molecule has 2 aromatic heterocycles. The topological polar surface area (TPSA) is 90.0 Å². The SMILES string of the molecule is COc1ccc(C#Cc2ccc(-c3nc(-c4c(OCc5cccc(C)n5)cccc4C(F)(F)F)[nH]c(=O)n3)cc2)cc1. The lowest BCUT2D eigenvalue weighted by molar-refractivity contribution is -0.137. The van der Waals surface area contributed by atoms with E-state index in [9.17, 15) is 18.0 Å². The van der Waals surface area contributed by atoms with Gasteiger partial charge in [0.1, 0.15) is 23.9 Å². The van der Waals surface area contributed by atoms with E-state index in [1.807, 2.05) is 24.3 Å². The van der Waals surface area contributed by atoms with Gasteiger partial charge in [0.05, 0.1) is 23.9 Å². The maximum absolute atomic E-state index is 14.1. The number of hydrogen-bond donors (Lipinski definition) is 1. The molecule has 5 rings (SSSR count). The van der Waals surface area contributed by atoms with Crippen LogP contribution >= 0.6 is 0 Å². The van der Waals surface area contributed by atoms with E-state index in [4.69, 9.17) is 9.47 Å². The lowest BCUT2D eigenvalue weighted by Crippen LogP contribution is -2.17. The van der Waals surface area contributed by atoms with E-state index in [1.54, 1.807) is 56.5 Å². The zero-order chi connectivity index (χ0) is 29.7. The number of H-pyrrole nitrogens is 1. The van der Waals surface area contributed by atoms with Gasteiger partial charge < -0.3 is 9.47 Å². The Morgan fingerprint density at radius 3 is 2.14 bits per heavy atom. The third-order valence-corrected chi connectivity index (χ3v) is 6.12. The van der Waals surface area contributed by atoms with Gasteiger partial charge in [0.15, 0.2) is 5.82 Å². The molecule has 2 heterocycles. The summed E-state index contributed by atoms with van der Waals surface area (Å²) in [4.78, 5) is 27.4. The van der Waals surface area contributed by atoms with Crippen LogP contribution in [-0.4, -0.2) is 27.0 Å². The maximum Gasteiger partial charge on any atom is 0.417 e. The molecule has 0 saturated heterocycles. The smallest absolute Gasteiger partial charge is 0.417 e. The van der Waals surface area contributed by atoms with Crippen molar-refractivity contribution in [3.8, 4) is 46.1 Å². The minimum atomic E-state index is -4.75. The summed E-state index contributed by atoms with van der Waals surface area (Å²) in [6, 6.07) is 22.8. The molecular formula is C32H23F3N4O3. The number of methoxy groups -OCH3 is 1. The van der Waals surface area contributed by atoms with E-state index < -0.39 is 23.0 Å². The van der Waals surface area contributed by atoms with Crippen LogP contribution in [0.25, 0.3) is 22.8 Å². The number of aromatic amines is 1. The van der Waals surface area contributed by atoms with Gasteiger partial charge >= 0.3 is 11.9 Å². The van der Waals surface area contributed by atoms with Gasteiger partial charge in [0, 0.05) is 22.4 Å². The average molecular weight is 569 g/mol. The number of ether oxygens (including phenoxy) is 2. The molecule has 0 atom stereocenters. The predicted octanol–water partition coefficient (Wildman–Crippen LogP) is 6.21. The van der Waals surface area contributed by atoms with Crippen molar-refractivity contribution >= 4 is 0 Å². The van der Waals surface area contributed by atoms with E-state index in [0.29, 0.717) is 16.8 Å². The Labute approximate surface area is 239 Å². The molecule has 10 heteroatoms. The first-order valence-corrected chi connectivity index (χ1v) is 12.7. The number of halogens is 3. The molecule has 42 heavy (non-hydrogen) atoms. The summed E-state index contributed by atoms with van der Waals surface area (Å²) in [6.45, 7) is 1.71. The molecule has 0 aliphatic carbocycles. The Balaban J connectivity index is 1.48. The van der Waals surface area contributed by atoms with Crippen LogP contribution in [-0.2, 0) is 12.8 Å². The van der Waals surface area contributed by atoms with Crippen LogP contribution in [0.1, 0.15) is 28.1 Å². The summed E-state index contributed by atoms with van der Waals surface area (Å²) in [6.07, 6.45) is -4.75. The zero-order valence-corrected chi connectivity index (χ0v) is 22.5. The van der Waals surface area contributed by atoms with Crippen molar-refractivity contribution in [3.05, 3.63) is 123 Å². The Kier molecular flexibility index (Phi) is 8.02. The van der Waals surface area contributed by atoms with Gasteiger partial charge in [-0.25, -0.2) is 9.78 Å². The highest BCUT2D eigenvalue weighted by Crippen LogP contribution is 2.41. The Bertz CT molecular complexity index is 1840. The average Bonchev–Trinajstić information content (AvgIpc) is 2.98. The molecule has 0 aliphatic rings. The zero-order valence-electron chi connectivity index (χ0n) is 22.5. The van der Waals surface area contributed by atoms with Crippen LogP contribution in [0.5, 0.6) is 11.5 Å². The summed E-state index contributed by atoms with van der Waals surface area (Å²) >= 11 is 0. The number of hydrogen-bond acceptors (Lipinski definition) is 6. The molecule has 7 nitrogen and oxygen atoms in total. The second-order valence-electron chi connectivity index (χ2n) is 9.12. The van der Waals surface area contributed by atoms with Crippen molar-refractivity contribution in [2.75, 3.05) is 7.11 Å². The molecule has 0 spiro atoms. The van der Waals surface area contributed by atoms with Crippen molar-refractivity contribution in [2.45, 2.75) is 19.7 Å². The van der Waals surface area contributed by atoms with E-state index in [2.05, 4.69) is 31.8 Å². The summed E-state index contributed by atoms with van der Waals surface area (Å²) in [5.74, 6) is 6.33. The van der Waals surface area contributed by atoms with Crippen LogP contribution in [0.15, 0.2) is 89.7 Å². The van der Waals surface area contributed by atoms with Gasteiger partial charge in [0.25, 0.3) is 0 Å². The van der Waals surface area contributed by atoms with Crippen LogP contribution in [0, 0.1) is 18.8 Å². The van der Waals surface area contributed by atoms with Crippen LogP contribution < -0.4 is 15.2 Å². The van der Waals surface area contributed by atoms with Gasteiger partial charge in [-0.1, -0.05) is 24.0 Å². The molecule has 0 unspecified atom stereocenters. The fourth-order valence-electron chi connectivity index (χ4n) is 4.12. The molecule has 210 valence electrons. The molecule has 0 saturated carbocycles. The Morgan fingerprint density at radius 1 is 0.833 bits per heavy atom. The largest absolute Gasteiger partial charge is 0.497 e. The molecule has 1 N–H and O–H groups in total. The number of benzene rings is 3. The molecule has 3 aromatic carbocycles. The molecule has 0 radical (unpaired) electrons. The fraction of sp³-hybridized carbons (Fsp3) is 0.125. The minimum Gasteiger partial charge on any atom is -0.497 e. The first-order valence-electron chi connectivity index (χ1n) is 12.7. The van der Waals surface area contributed by atoms with Gasteiger partial charge in [-0.2, -0.15) is 18.2 Å². The minimum absolute atomic E-state index is 0.0494. The molecular weight excluding hydrogens is 545 g/mol. The molecule has 5 aromatic rings. The second-order valence-corrected chi connectivity index (χ2v) is 9.12. The van der Waals surface area contributed by atoms with E-state index >= 15 is 0 Å². The normalized spacial score (nSPS) is 11.0. The molecule has 0 fully saturated rings. The highest BCUT2D eigenvalue weighted by molar-refractivity contribution is 5.71. The number of nitrogens with one attached hydrogen (secondary N) is 1. The van der Waals surface area contributed by atoms with Gasteiger partial charge in [0.2, 0.25) is 0 Å². The summed E-state index contributed by atoms with van der Waals surface area (Å²) in [7, 11) is 1.59. The standard InChI is InChI=1S/C32H23F3N4O3/c1-20-5-3-6-24(36-20)19-42-27-8-4-7-26(32(33,34)35)28(27)30-37-29(38-31(40)39-30)23-15-11-21(12-16-23)9-10-22-13-17-25(41-2)18-14-22/h3-8,11-18H,19H2,1-2H3,(H,37,38,39,40). The maximum atomic E-state index is 14.1. The summed E-state index contributed by atoms with van der Waals surface area (Å²) in [5, 5.41) is 0. The molecule has 0 amide bonds. The van der Waals surface area contributed by atoms with Crippen LogP contribution in [0.3, 0.4) is 0 Å². The highest BCUT2D eigenvalue weighted by Gasteiger charge is 2.36. The van der Waals surface area contributed by atoms with Gasteiger partial charge in [-0.05, 0) is 79.7 Å². The number of aromatic nitrogens is 4. The number of nitrogens with zero attached hydrogens (tertiary/aromatic N) is 3. The molecule has 0 bridgehead atoms. The van der Waals surface area contributed by atoms with E-state index in [1.165, 1.54) is 12.1 Å². The van der Waals surface area contributed by atoms with Crippen molar-refractivity contribution in [1.29, 1.82) is 0 Å². The number of aryl methyl sites for hydroxylation is 1. The first kappa shape index (κ1) is 28.1. The number of rotatable bonds is 6. The highest BCUT2D eigenvalue weighted by atomic mass is 19.4. The third-order valence-electron chi connectivity index (χ3n) is 6.12. The van der Waals surface area contributed by atoms with Gasteiger partial charge in [-0.15, -0.1) is 0 Å².